The fourth-order valence-corrected chi connectivity index (χ4v) is 2.48. The monoisotopic (exact) mass is 282 g/mol. The quantitative estimate of drug-likeness (QED) is 0.782. The van der Waals surface area contributed by atoms with Gasteiger partial charge in [-0.05, 0) is 24.6 Å². The first-order valence-electron chi connectivity index (χ1n) is 7.08. The minimum Gasteiger partial charge on any atom is -0.494 e. The van der Waals surface area contributed by atoms with Crippen LogP contribution in [-0.4, -0.2) is 21.3 Å². The molecule has 21 heavy (non-hydrogen) atoms. The highest BCUT2D eigenvalue weighted by Crippen LogP contribution is 2.23. The van der Waals surface area contributed by atoms with Crippen LogP contribution in [0, 0.1) is 0 Å². The van der Waals surface area contributed by atoms with Gasteiger partial charge in [0.1, 0.15) is 18.2 Å². The smallest absolute Gasteiger partial charge is 0.136 e. The Morgan fingerprint density at radius 1 is 1.14 bits per heavy atom. The molecule has 3 rings (SSSR count). The zero-order valence-corrected chi connectivity index (χ0v) is 12.0. The molecule has 0 spiro atoms. The summed E-state index contributed by atoms with van der Waals surface area (Å²) in [6.07, 6.45) is 0. The molecule has 108 valence electrons. The lowest BCUT2D eigenvalue weighted by molar-refractivity contribution is 0.267. The molecule has 0 atom stereocenters. The summed E-state index contributed by atoms with van der Waals surface area (Å²) in [4.78, 5) is 4.50. The van der Waals surface area contributed by atoms with Crippen LogP contribution in [0.4, 0.5) is 0 Å². The van der Waals surface area contributed by atoms with Gasteiger partial charge in [0, 0.05) is 12.6 Å². The maximum atomic E-state index is 9.56. The molecule has 0 saturated carbocycles. The van der Waals surface area contributed by atoms with E-state index in [0.717, 1.165) is 16.8 Å². The van der Waals surface area contributed by atoms with Gasteiger partial charge in [-0.1, -0.05) is 30.3 Å². The van der Waals surface area contributed by atoms with E-state index in [2.05, 4.69) is 17.1 Å². The number of rotatable bonds is 5. The number of imidazole rings is 1. The highest BCUT2D eigenvalue weighted by Gasteiger charge is 2.11. The Kier molecular flexibility index (Phi) is 3.88. The summed E-state index contributed by atoms with van der Waals surface area (Å²) >= 11 is 0. The van der Waals surface area contributed by atoms with E-state index in [-0.39, 0.29) is 6.61 Å². The van der Waals surface area contributed by atoms with Crippen LogP contribution < -0.4 is 4.74 Å². The van der Waals surface area contributed by atoms with E-state index >= 15 is 0 Å². The van der Waals surface area contributed by atoms with Gasteiger partial charge in [0.25, 0.3) is 0 Å². The van der Waals surface area contributed by atoms with Gasteiger partial charge >= 0.3 is 0 Å². The number of ether oxygens (including phenoxy) is 1. The van der Waals surface area contributed by atoms with Crippen LogP contribution in [0.25, 0.3) is 11.0 Å². The highest BCUT2D eigenvalue weighted by molar-refractivity contribution is 5.78. The summed E-state index contributed by atoms with van der Waals surface area (Å²) in [5.74, 6) is 1.47. The summed E-state index contributed by atoms with van der Waals surface area (Å²) in [6.45, 7) is 3.20. The minimum atomic E-state index is -0.0779. The number of fused-ring (bicyclic) bond motifs is 1. The third-order valence-electron chi connectivity index (χ3n) is 3.43. The first-order valence-corrected chi connectivity index (χ1v) is 7.08. The Morgan fingerprint density at radius 2 is 1.95 bits per heavy atom. The van der Waals surface area contributed by atoms with Crippen LogP contribution >= 0.6 is 0 Å². The summed E-state index contributed by atoms with van der Waals surface area (Å²) in [5.41, 5.74) is 3.03. The molecule has 0 unspecified atom stereocenters. The van der Waals surface area contributed by atoms with Crippen molar-refractivity contribution in [3.8, 4) is 5.75 Å². The van der Waals surface area contributed by atoms with Crippen LogP contribution in [0.2, 0.25) is 0 Å². The predicted octanol–water partition coefficient (Wildman–Crippen LogP) is 2.98. The van der Waals surface area contributed by atoms with Crippen molar-refractivity contribution in [2.75, 3.05) is 6.61 Å². The lowest BCUT2D eigenvalue weighted by Crippen LogP contribution is -2.05. The SMILES string of the molecule is CCOc1ccc2c(c1)nc(CO)n2Cc1ccccc1. The van der Waals surface area contributed by atoms with Gasteiger partial charge in [-0.25, -0.2) is 4.98 Å². The van der Waals surface area contributed by atoms with Gasteiger partial charge in [0.05, 0.1) is 17.6 Å². The van der Waals surface area contributed by atoms with Crippen LogP contribution in [0.15, 0.2) is 48.5 Å². The van der Waals surface area contributed by atoms with E-state index in [0.29, 0.717) is 19.0 Å². The molecule has 0 radical (unpaired) electrons. The molecule has 0 saturated heterocycles. The number of benzene rings is 2. The van der Waals surface area contributed by atoms with Gasteiger partial charge in [-0.15, -0.1) is 0 Å². The van der Waals surface area contributed by atoms with E-state index in [1.54, 1.807) is 0 Å². The van der Waals surface area contributed by atoms with Gasteiger partial charge in [0.2, 0.25) is 0 Å². The summed E-state index contributed by atoms with van der Waals surface area (Å²) < 4.78 is 7.55. The number of nitrogens with zero attached hydrogens (tertiary/aromatic N) is 2. The van der Waals surface area contributed by atoms with E-state index < -0.39 is 0 Å². The first-order chi connectivity index (χ1) is 10.3. The Morgan fingerprint density at radius 3 is 2.67 bits per heavy atom. The second kappa shape index (κ2) is 5.97. The normalized spacial score (nSPS) is 11.0. The van der Waals surface area contributed by atoms with Crippen molar-refractivity contribution < 1.29 is 9.84 Å². The van der Waals surface area contributed by atoms with Crippen molar-refractivity contribution in [2.24, 2.45) is 0 Å². The Labute approximate surface area is 123 Å². The van der Waals surface area contributed by atoms with Gasteiger partial charge < -0.3 is 14.4 Å². The van der Waals surface area contributed by atoms with Crippen molar-refractivity contribution in [3.63, 3.8) is 0 Å². The first kappa shape index (κ1) is 13.6. The molecule has 0 amide bonds. The van der Waals surface area contributed by atoms with Crippen LogP contribution in [0.3, 0.4) is 0 Å². The van der Waals surface area contributed by atoms with Gasteiger partial charge in [-0.3, -0.25) is 0 Å². The summed E-state index contributed by atoms with van der Waals surface area (Å²) in [5, 5.41) is 9.56. The molecule has 0 aliphatic carbocycles. The summed E-state index contributed by atoms with van der Waals surface area (Å²) in [6, 6.07) is 16.0. The molecule has 0 aliphatic heterocycles. The fourth-order valence-electron chi connectivity index (χ4n) is 2.48. The number of hydrogen-bond donors (Lipinski definition) is 1. The molecule has 2 aromatic carbocycles. The van der Waals surface area contributed by atoms with Crippen LogP contribution in [-0.2, 0) is 13.2 Å². The highest BCUT2D eigenvalue weighted by atomic mass is 16.5. The molecule has 1 aromatic heterocycles. The van der Waals surface area contributed by atoms with Crippen molar-refractivity contribution >= 4 is 11.0 Å². The molecule has 4 nitrogen and oxygen atoms in total. The van der Waals surface area contributed by atoms with Crippen LogP contribution in [0.1, 0.15) is 18.3 Å². The van der Waals surface area contributed by atoms with E-state index in [9.17, 15) is 5.11 Å². The van der Waals surface area contributed by atoms with E-state index in [1.807, 2.05) is 47.9 Å². The predicted molar refractivity (Wildman–Crippen MR) is 82.4 cm³/mol. The third kappa shape index (κ3) is 2.76. The molecule has 3 aromatic rings. The molecular formula is C17H18N2O2. The number of aliphatic hydroxyl groups is 1. The Hall–Kier alpha value is -2.33. The molecule has 0 bridgehead atoms. The van der Waals surface area contributed by atoms with E-state index in [4.69, 9.17) is 4.74 Å². The molecule has 4 heteroatoms. The summed E-state index contributed by atoms with van der Waals surface area (Å²) in [7, 11) is 0. The molecule has 1 N–H and O–H groups in total. The minimum absolute atomic E-state index is 0.0779. The van der Waals surface area contributed by atoms with E-state index in [1.165, 1.54) is 5.56 Å². The average Bonchev–Trinajstić information content (AvgIpc) is 2.86. The van der Waals surface area contributed by atoms with Crippen LogP contribution in [0.5, 0.6) is 5.75 Å². The molecular weight excluding hydrogens is 264 g/mol. The largest absolute Gasteiger partial charge is 0.494 e. The Balaban J connectivity index is 2.04. The van der Waals surface area contributed by atoms with Crippen molar-refractivity contribution in [3.05, 3.63) is 59.9 Å². The maximum absolute atomic E-state index is 9.56. The number of aliphatic hydroxyl groups excluding tert-OH is 1. The van der Waals surface area contributed by atoms with Gasteiger partial charge in [-0.2, -0.15) is 0 Å². The zero-order valence-electron chi connectivity index (χ0n) is 12.0. The molecule has 1 heterocycles. The second-order valence-electron chi connectivity index (χ2n) is 4.84. The third-order valence-corrected chi connectivity index (χ3v) is 3.43. The second-order valence-corrected chi connectivity index (χ2v) is 4.84. The molecule has 0 aliphatic rings. The lowest BCUT2D eigenvalue weighted by atomic mass is 10.2. The fraction of sp³-hybridized carbons (Fsp3) is 0.235. The number of hydrogen-bond acceptors (Lipinski definition) is 3. The van der Waals surface area contributed by atoms with Crippen molar-refractivity contribution in [1.29, 1.82) is 0 Å². The Bertz CT molecular complexity index is 735. The average molecular weight is 282 g/mol. The number of aromatic nitrogens is 2. The van der Waals surface area contributed by atoms with Gasteiger partial charge in [0.15, 0.2) is 0 Å². The van der Waals surface area contributed by atoms with Crippen molar-refractivity contribution in [2.45, 2.75) is 20.1 Å². The van der Waals surface area contributed by atoms with Crippen molar-refractivity contribution in [1.82, 2.24) is 9.55 Å². The lowest BCUT2D eigenvalue weighted by Gasteiger charge is -2.08. The molecule has 0 fully saturated rings. The topological polar surface area (TPSA) is 47.3 Å². The maximum Gasteiger partial charge on any atom is 0.136 e. The zero-order chi connectivity index (χ0) is 14.7. The standard InChI is InChI=1S/C17H18N2O2/c1-2-21-14-8-9-16-15(10-14)18-17(12-20)19(16)11-13-6-4-3-5-7-13/h3-10,20H,2,11-12H2,1H3.